The molecule has 0 unspecified atom stereocenters. The maximum Gasteiger partial charge on any atom is 0.221 e. The van der Waals surface area contributed by atoms with Crippen molar-refractivity contribution in [2.45, 2.75) is 32.6 Å². The first-order chi connectivity index (χ1) is 6.25. The summed E-state index contributed by atoms with van der Waals surface area (Å²) >= 11 is 1.73. The van der Waals surface area contributed by atoms with Crippen molar-refractivity contribution in [1.29, 1.82) is 0 Å². The van der Waals surface area contributed by atoms with Gasteiger partial charge in [0.05, 0.1) is 5.00 Å². The number of hydrogen-bond acceptors (Lipinski definition) is 2. The molecule has 0 aliphatic heterocycles. The number of rotatable bonds is 1. The van der Waals surface area contributed by atoms with Crippen molar-refractivity contribution in [3.63, 3.8) is 0 Å². The molecule has 70 valence electrons. The molecule has 2 rings (SSSR count). The van der Waals surface area contributed by atoms with E-state index in [1.165, 1.54) is 36.1 Å². The maximum atomic E-state index is 10.8. The van der Waals surface area contributed by atoms with Gasteiger partial charge in [-0.25, -0.2) is 0 Å². The zero-order valence-electron chi connectivity index (χ0n) is 7.72. The number of anilines is 1. The van der Waals surface area contributed by atoms with E-state index in [-0.39, 0.29) is 5.91 Å². The van der Waals surface area contributed by atoms with Gasteiger partial charge in [-0.15, -0.1) is 11.3 Å². The topological polar surface area (TPSA) is 29.1 Å². The van der Waals surface area contributed by atoms with E-state index < -0.39 is 0 Å². The number of aryl methyl sites for hydroxylation is 2. The number of fused-ring (bicyclic) bond motifs is 1. The molecule has 0 bridgehead atoms. The standard InChI is InChI=1S/C10H13NOS/c1-7(12)11-10-6-8-4-2-3-5-9(8)13-10/h6H,2-5H2,1H3,(H,11,12). The second kappa shape index (κ2) is 3.50. The first kappa shape index (κ1) is 8.75. The van der Waals surface area contributed by atoms with Crippen molar-refractivity contribution < 1.29 is 4.79 Å². The number of carbonyl (C=O) groups excluding carboxylic acids is 1. The Morgan fingerprint density at radius 2 is 2.23 bits per heavy atom. The van der Waals surface area contributed by atoms with E-state index in [0.717, 1.165) is 5.00 Å². The predicted octanol–water partition coefficient (Wildman–Crippen LogP) is 2.59. The van der Waals surface area contributed by atoms with Crippen LogP contribution in [0.4, 0.5) is 5.00 Å². The van der Waals surface area contributed by atoms with Crippen molar-refractivity contribution in [2.24, 2.45) is 0 Å². The largest absolute Gasteiger partial charge is 0.318 e. The minimum atomic E-state index is 0.0265. The molecule has 0 atom stereocenters. The van der Waals surface area contributed by atoms with Gasteiger partial charge in [0.15, 0.2) is 0 Å². The Hall–Kier alpha value is -0.830. The second-order valence-corrected chi connectivity index (χ2v) is 4.58. The second-order valence-electron chi connectivity index (χ2n) is 3.45. The fourth-order valence-corrected chi connectivity index (χ4v) is 2.93. The van der Waals surface area contributed by atoms with Crippen LogP contribution in [0.15, 0.2) is 6.07 Å². The Labute approximate surface area is 82.0 Å². The minimum Gasteiger partial charge on any atom is -0.318 e. The lowest BCUT2D eigenvalue weighted by atomic mass is 10.00. The normalized spacial score (nSPS) is 15.2. The first-order valence-corrected chi connectivity index (χ1v) is 5.46. The third kappa shape index (κ3) is 1.91. The van der Waals surface area contributed by atoms with Gasteiger partial charge in [-0.3, -0.25) is 4.79 Å². The van der Waals surface area contributed by atoms with E-state index in [4.69, 9.17) is 0 Å². The molecule has 1 aromatic rings. The molecule has 1 aliphatic rings. The zero-order valence-corrected chi connectivity index (χ0v) is 8.54. The summed E-state index contributed by atoms with van der Waals surface area (Å²) in [6.07, 6.45) is 4.97. The molecule has 1 heterocycles. The van der Waals surface area contributed by atoms with Crippen LogP contribution in [0.3, 0.4) is 0 Å². The molecule has 0 spiro atoms. The average molecular weight is 195 g/mol. The van der Waals surface area contributed by atoms with Gasteiger partial charge >= 0.3 is 0 Å². The van der Waals surface area contributed by atoms with Crippen LogP contribution in [-0.2, 0) is 17.6 Å². The van der Waals surface area contributed by atoms with E-state index in [0.29, 0.717) is 0 Å². The molecule has 0 fully saturated rings. The lowest BCUT2D eigenvalue weighted by Gasteiger charge is -2.08. The molecule has 1 N–H and O–H groups in total. The van der Waals surface area contributed by atoms with Gasteiger partial charge in [-0.05, 0) is 37.3 Å². The molecule has 1 aromatic heterocycles. The molecule has 13 heavy (non-hydrogen) atoms. The molecular formula is C10H13NOS. The van der Waals surface area contributed by atoms with Crippen LogP contribution in [0.2, 0.25) is 0 Å². The van der Waals surface area contributed by atoms with E-state index in [2.05, 4.69) is 11.4 Å². The summed E-state index contributed by atoms with van der Waals surface area (Å²) in [6.45, 7) is 1.55. The molecule has 0 saturated carbocycles. The van der Waals surface area contributed by atoms with Crippen molar-refractivity contribution in [3.05, 3.63) is 16.5 Å². The van der Waals surface area contributed by atoms with E-state index in [9.17, 15) is 4.79 Å². The predicted molar refractivity (Wildman–Crippen MR) is 55.3 cm³/mol. The Morgan fingerprint density at radius 3 is 2.92 bits per heavy atom. The Kier molecular flexibility index (Phi) is 2.36. The minimum absolute atomic E-state index is 0.0265. The van der Waals surface area contributed by atoms with Crippen LogP contribution in [0, 0.1) is 0 Å². The van der Waals surface area contributed by atoms with Crippen LogP contribution >= 0.6 is 11.3 Å². The Bertz CT molecular complexity index is 306. The van der Waals surface area contributed by atoms with E-state index >= 15 is 0 Å². The highest BCUT2D eigenvalue weighted by Gasteiger charge is 2.13. The highest BCUT2D eigenvalue weighted by Crippen LogP contribution is 2.32. The Morgan fingerprint density at radius 1 is 1.46 bits per heavy atom. The van der Waals surface area contributed by atoms with E-state index in [1.807, 2.05) is 0 Å². The van der Waals surface area contributed by atoms with Gasteiger partial charge in [0.1, 0.15) is 0 Å². The highest BCUT2D eigenvalue weighted by atomic mass is 32.1. The van der Waals surface area contributed by atoms with Crippen molar-refractivity contribution >= 4 is 22.2 Å². The lowest BCUT2D eigenvalue weighted by molar-refractivity contribution is -0.114. The molecule has 0 saturated heterocycles. The smallest absolute Gasteiger partial charge is 0.221 e. The number of nitrogens with one attached hydrogen (secondary N) is 1. The van der Waals surface area contributed by atoms with Crippen LogP contribution in [0.1, 0.15) is 30.2 Å². The summed E-state index contributed by atoms with van der Waals surface area (Å²) in [7, 11) is 0. The quantitative estimate of drug-likeness (QED) is 0.733. The molecular weight excluding hydrogens is 182 g/mol. The van der Waals surface area contributed by atoms with E-state index in [1.54, 1.807) is 18.3 Å². The van der Waals surface area contributed by atoms with Crippen LogP contribution in [0.5, 0.6) is 0 Å². The fraction of sp³-hybridized carbons (Fsp3) is 0.500. The summed E-state index contributed by atoms with van der Waals surface area (Å²) in [6, 6.07) is 2.13. The van der Waals surface area contributed by atoms with Crippen molar-refractivity contribution in [2.75, 3.05) is 5.32 Å². The van der Waals surface area contributed by atoms with Crippen molar-refractivity contribution in [3.8, 4) is 0 Å². The molecule has 3 heteroatoms. The summed E-state index contributed by atoms with van der Waals surface area (Å²) in [5, 5.41) is 3.85. The number of carbonyl (C=O) groups is 1. The van der Waals surface area contributed by atoms with Gasteiger partial charge in [0.25, 0.3) is 0 Å². The third-order valence-corrected chi connectivity index (χ3v) is 3.45. The number of thiophene rings is 1. The summed E-state index contributed by atoms with van der Waals surface area (Å²) in [4.78, 5) is 12.3. The van der Waals surface area contributed by atoms with Crippen LogP contribution < -0.4 is 5.32 Å². The monoisotopic (exact) mass is 195 g/mol. The van der Waals surface area contributed by atoms with Gasteiger partial charge < -0.3 is 5.32 Å². The SMILES string of the molecule is CC(=O)Nc1cc2c(s1)CCCC2. The fourth-order valence-electron chi connectivity index (χ4n) is 1.73. The van der Waals surface area contributed by atoms with Gasteiger partial charge in [0.2, 0.25) is 5.91 Å². The molecule has 0 aromatic carbocycles. The highest BCUT2D eigenvalue weighted by molar-refractivity contribution is 7.16. The summed E-state index contributed by atoms with van der Waals surface area (Å²) in [5.41, 5.74) is 1.44. The zero-order chi connectivity index (χ0) is 9.26. The molecule has 1 aliphatic carbocycles. The molecule has 1 amide bonds. The summed E-state index contributed by atoms with van der Waals surface area (Å²) < 4.78 is 0. The van der Waals surface area contributed by atoms with Gasteiger partial charge in [-0.2, -0.15) is 0 Å². The van der Waals surface area contributed by atoms with Crippen LogP contribution in [-0.4, -0.2) is 5.91 Å². The molecule has 2 nitrogen and oxygen atoms in total. The van der Waals surface area contributed by atoms with Gasteiger partial charge in [0, 0.05) is 11.8 Å². The summed E-state index contributed by atoms with van der Waals surface area (Å²) in [5.74, 6) is 0.0265. The first-order valence-electron chi connectivity index (χ1n) is 4.65. The third-order valence-electron chi connectivity index (χ3n) is 2.30. The molecule has 0 radical (unpaired) electrons. The van der Waals surface area contributed by atoms with Crippen LogP contribution in [0.25, 0.3) is 0 Å². The Balaban J connectivity index is 2.20. The number of hydrogen-bond donors (Lipinski definition) is 1. The average Bonchev–Trinajstić information content (AvgIpc) is 2.44. The van der Waals surface area contributed by atoms with Gasteiger partial charge in [-0.1, -0.05) is 0 Å². The lowest BCUT2D eigenvalue weighted by Crippen LogP contribution is -2.03. The van der Waals surface area contributed by atoms with Crippen molar-refractivity contribution in [1.82, 2.24) is 0 Å². The number of amides is 1. The maximum absolute atomic E-state index is 10.8.